The number of aromatic nitrogens is 5. The van der Waals surface area contributed by atoms with Gasteiger partial charge < -0.3 is 25.6 Å². The second-order valence-electron chi connectivity index (χ2n) is 12.6. The highest BCUT2D eigenvalue weighted by Crippen LogP contribution is 2.36. The van der Waals surface area contributed by atoms with Crippen LogP contribution >= 0.6 is 65.3 Å². The first kappa shape index (κ1) is 45.8. The van der Waals surface area contributed by atoms with E-state index in [-0.39, 0.29) is 46.2 Å². The average Bonchev–Trinajstić information content (AvgIpc) is 3.66. The largest absolute Gasteiger partial charge is 0.481 e. The minimum atomic E-state index is -3.10. The number of rotatable bonds is 11. The van der Waals surface area contributed by atoms with Gasteiger partial charge in [0.05, 0.1) is 26.5 Å². The molecule has 0 saturated heterocycles. The molecule has 0 amide bonds. The van der Waals surface area contributed by atoms with Crippen LogP contribution in [0.5, 0.6) is 5.75 Å². The van der Waals surface area contributed by atoms with Gasteiger partial charge in [-0.1, -0.05) is 40.7 Å². The third-order valence-corrected chi connectivity index (χ3v) is 12.2. The molecule has 2 aliphatic rings. The van der Waals surface area contributed by atoms with Crippen molar-refractivity contribution in [3.05, 3.63) is 75.9 Å². The quantitative estimate of drug-likeness (QED) is 0.0878. The fraction of sp³-hybridized carbons (Fsp3) is 0.412. The molecule has 0 saturated carbocycles. The molecule has 0 aliphatic carbocycles. The summed E-state index contributed by atoms with van der Waals surface area (Å²) in [6.45, 7) is 3.23. The summed E-state index contributed by atoms with van der Waals surface area (Å²) in [6.07, 6.45) is 9.84. The number of aryl methyl sites for hydroxylation is 1. The van der Waals surface area contributed by atoms with Crippen LogP contribution < -0.4 is 25.8 Å². The number of nitrogens with zero attached hydrogens (tertiary/aromatic N) is 6. The van der Waals surface area contributed by atoms with Crippen LogP contribution in [-0.4, -0.2) is 82.0 Å². The predicted octanol–water partition coefficient (Wildman–Crippen LogP) is 5.08. The van der Waals surface area contributed by atoms with E-state index in [0.29, 0.717) is 50.8 Å². The lowest BCUT2D eigenvalue weighted by atomic mass is 10.2. The summed E-state index contributed by atoms with van der Waals surface area (Å²) in [5, 5.41) is 22.2. The molecule has 2 aromatic heterocycles. The summed E-state index contributed by atoms with van der Waals surface area (Å²) < 4.78 is 36.5. The molecule has 2 unspecified atom stereocenters. The van der Waals surface area contributed by atoms with Crippen LogP contribution in [0, 0.1) is 18.2 Å². The van der Waals surface area contributed by atoms with Crippen molar-refractivity contribution in [2.24, 2.45) is 10.7 Å². The maximum atomic E-state index is 14.2. The second kappa shape index (κ2) is 20.7. The van der Waals surface area contributed by atoms with Crippen LogP contribution in [0.1, 0.15) is 37.9 Å². The maximum Gasteiger partial charge on any atom is 0.350 e. The number of thioether (sulfide) groups is 1. The van der Waals surface area contributed by atoms with E-state index in [1.807, 2.05) is 0 Å². The predicted molar refractivity (Wildman–Crippen MR) is 217 cm³/mol. The zero-order valence-electron chi connectivity index (χ0n) is 30.3. The number of hydrogen-bond donors (Lipinski definition) is 4. The Morgan fingerprint density at radius 3 is 2.40 bits per heavy atom. The first-order chi connectivity index (χ1) is 26.9. The molecule has 0 radical (unpaired) electrons. The fourth-order valence-corrected chi connectivity index (χ4v) is 8.49. The van der Waals surface area contributed by atoms with Crippen molar-refractivity contribution >= 4 is 82.9 Å². The summed E-state index contributed by atoms with van der Waals surface area (Å²) in [7, 11) is -3.10. The zero-order valence-corrected chi connectivity index (χ0v) is 35.1. The summed E-state index contributed by atoms with van der Waals surface area (Å²) in [4.78, 5) is 59.0. The number of carbonyl (C=O) groups is 2. The van der Waals surface area contributed by atoms with Crippen molar-refractivity contribution in [3.8, 4) is 23.8 Å². The Morgan fingerprint density at radius 1 is 1.09 bits per heavy atom. The van der Waals surface area contributed by atoms with Crippen LogP contribution in [-0.2, 0) is 40.2 Å². The van der Waals surface area contributed by atoms with Crippen molar-refractivity contribution in [1.29, 1.82) is 0 Å². The van der Waals surface area contributed by atoms with Crippen LogP contribution in [0.4, 0.5) is 10.1 Å². The van der Waals surface area contributed by atoms with Crippen LogP contribution in [0.2, 0.25) is 15.1 Å². The van der Waals surface area contributed by atoms with Crippen molar-refractivity contribution < 1.29 is 38.4 Å². The van der Waals surface area contributed by atoms with Gasteiger partial charge in [0.1, 0.15) is 35.7 Å². The Balaban J connectivity index is 0.000000203. The van der Waals surface area contributed by atoms with Crippen LogP contribution in [0.15, 0.2) is 43.7 Å². The first-order valence-corrected chi connectivity index (χ1v) is 22.3. The molecule has 16 nitrogen and oxygen atoms in total. The highest BCUT2D eigenvalue weighted by atomic mass is 35.5. The third-order valence-electron chi connectivity index (χ3n) is 8.14. The number of benzene rings is 2. The molecule has 6 rings (SSSR count). The van der Waals surface area contributed by atoms with Crippen molar-refractivity contribution in [1.82, 2.24) is 23.7 Å². The summed E-state index contributed by atoms with van der Waals surface area (Å²) >= 11 is 20.2. The summed E-state index contributed by atoms with van der Waals surface area (Å²) in [5.41, 5.74) is 5.36. The Labute approximate surface area is 348 Å². The molecule has 2 aromatic carbocycles. The second-order valence-corrected chi connectivity index (χ2v) is 18.3. The fourth-order valence-electron chi connectivity index (χ4n) is 5.34. The molecule has 2 aliphatic heterocycles. The van der Waals surface area contributed by atoms with Gasteiger partial charge in [-0.2, -0.15) is 4.68 Å². The Kier molecular flexibility index (Phi) is 16.7. The van der Waals surface area contributed by atoms with Gasteiger partial charge in [-0.15, -0.1) is 23.3 Å². The Bertz CT molecular complexity index is 2400. The minimum Gasteiger partial charge on any atom is -0.481 e. The zero-order chi connectivity index (χ0) is 42.0. The molecule has 23 heteroatoms. The molecule has 0 spiro atoms. The molecular formula is C34H38Cl3FN7O9PS2. The van der Waals surface area contributed by atoms with Crippen LogP contribution in [0.25, 0.3) is 5.69 Å². The third kappa shape index (κ3) is 12.8. The lowest BCUT2D eigenvalue weighted by molar-refractivity contribution is -0.138. The topological polar surface area (TPSA) is 226 Å². The number of halogens is 4. The summed E-state index contributed by atoms with van der Waals surface area (Å²) in [6, 6.07) is 4.60. The SMILES string of the molecule is C#CCOc1cc(-n2nc3n(c2=O)CCCC3)c(Cl)cc1Cl.CP(=O)(O)CCC(N)C(=O)O.O=C(O)CSc1cc(N=c2sc(=O)n3n2CCCC3)c(F)cc1Cl. The molecule has 57 heavy (non-hydrogen) atoms. The van der Waals surface area contributed by atoms with Crippen molar-refractivity contribution in [2.75, 3.05) is 25.2 Å². The smallest absolute Gasteiger partial charge is 0.350 e. The molecular weight excluding hydrogens is 871 g/mol. The maximum absolute atomic E-state index is 14.2. The van der Waals surface area contributed by atoms with Crippen molar-refractivity contribution in [3.63, 3.8) is 0 Å². The van der Waals surface area contributed by atoms with Gasteiger partial charge >= 0.3 is 22.5 Å². The molecule has 2 atom stereocenters. The number of ether oxygens (including phenoxy) is 1. The van der Waals surface area contributed by atoms with Gasteiger partial charge in [-0.05, 0) is 61.6 Å². The standard InChI is InChI=1S/C15H13Cl2N3O2.C14H13ClFN3O3S2.C5H12NO4P/c1-2-7-22-13-9-12(10(16)8-11(13)17)20-15(21)19-6-4-3-5-14(19)18-20;15-8-5-9(16)10(6-11(8)23-7-12(20)21)17-13-18-3-1-2-4-19(18)14(22)24-13;1-11(9,10)3-2-4(6)5(7)8/h1,8-9H,3-7H2;5-6H,1-4,7H2,(H,20,21);4H,2-3,6H2,1H3,(H,7,8)(H,9,10). The van der Waals surface area contributed by atoms with Crippen molar-refractivity contribution in [2.45, 2.75) is 69.1 Å². The van der Waals surface area contributed by atoms with E-state index in [9.17, 15) is 28.1 Å². The van der Waals surface area contributed by atoms with Gasteiger partial charge in [-0.25, -0.2) is 18.9 Å². The van der Waals surface area contributed by atoms with E-state index in [1.54, 1.807) is 20.0 Å². The molecule has 4 heterocycles. The van der Waals surface area contributed by atoms with Gasteiger partial charge in [0.25, 0.3) is 0 Å². The number of aliphatic carboxylic acids is 2. The Morgan fingerprint density at radius 2 is 1.77 bits per heavy atom. The van der Waals surface area contributed by atoms with E-state index < -0.39 is 31.2 Å². The number of nitrogens with two attached hydrogens (primary N) is 1. The van der Waals surface area contributed by atoms with Crippen LogP contribution in [0.3, 0.4) is 0 Å². The van der Waals surface area contributed by atoms with Gasteiger partial charge in [0.2, 0.25) is 4.80 Å². The molecule has 4 aromatic rings. The first-order valence-electron chi connectivity index (χ1n) is 17.1. The normalized spacial score (nSPS) is 15.0. The molecule has 0 fully saturated rings. The molecule has 5 N–H and O–H groups in total. The number of hydrogen-bond acceptors (Lipinski definition) is 11. The van der Waals surface area contributed by atoms with E-state index in [4.69, 9.17) is 66.8 Å². The van der Waals surface area contributed by atoms with Gasteiger partial charge in [0.15, 0.2) is 7.37 Å². The van der Waals surface area contributed by atoms with E-state index in [2.05, 4.69) is 16.0 Å². The Hall–Kier alpha value is -3.86. The minimum absolute atomic E-state index is 0.0370. The highest BCUT2D eigenvalue weighted by Gasteiger charge is 2.21. The average molecular weight is 909 g/mol. The number of carboxylic acids is 2. The van der Waals surface area contributed by atoms with E-state index in [0.717, 1.165) is 67.1 Å². The molecule has 308 valence electrons. The highest BCUT2D eigenvalue weighted by molar-refractivity contribution is 8.00. The summed E-state index contributed by atoms with van der Waals surface area (Å²) in [5.74, 6) is 0.577. The van der Waals surface area contributed by atoms with E-state index in [1.165, 1.54) is 23.5 Å². The molecule has 0 bridgehead atoms. The monoisotopic (exact) mass is 907 g/mol. The van der Waals surface area contributed by atoms with Gasteiger partial charge in [0, 0.05) is 49.8 Å². The lowest BCUT2D eigenvalue weighted by Gasteiger charge is -2.15. The lowest BCUT2D eigenvalue weighted by Crippen LogP contribution is -2.31. The number of carboxylic acid groups (broad SMARTS) is 2. The number of fused-ring (bicyclic) bond motifs is 2. The number of terminal acetylenes is 1. The van der Waals surface area contributed by atoms with E-state index >= 15 is 0 Å². The van der Waals surface area contributed by atoms with Gasteiger partial charge in [-0.3, -0.25) is 28.2 Å².